The van der Waals surface area contributed by atoms with Crippen molar-refractivity contribution in [2.24, 2.45) is 0 Å². The van der Waals surface area contributed by atoms with Crippen molar-refractivity contribution < 1.29 is 8.78 Å². The van der Waals surface area contributed by atoms with Crippen molar-refractivity contribution in [2.45, 2.75) is 0 Å². The summed E-state index contributed by atoms with van der Waals surface area (Å²) in [6.45, 7) is 3.63. The fourth-order valence-electron chi connectivity index (χ4n) is 1.59. The molecule has 0 aromatic heterocycles. The van der Waals surface area contributed by atoms with Crippen LogP contribution in [0.25, 0.3) is 17.2 Å². The molecule has 2 aromatic rings. The van der Waals surface area contributed by atoms with Crippen molar-refractivity contribution in [1.82, 2.24) is 0 Å². The van der Waals surface area contributed by atoms with Crippen LogP contribution in [-0.4, -0.2) is 0 Å². The Hall–Kier alpha value is -2.16. The molecule has 17 heavy (non-hydrogen) atoms. The molecule has 0 bridgehead atoms. The van der Waals surface area contributed by atoms with Crippen LogP contribution in [0.2, 0.25) is 0 Å². The fraction of sp³-hybridized carbons (Fsp3) is 0. The first-order chi connectivity index (χ1) is 8.13. The van der Waals surface area contributed by atoms with Gasteiger partial charge < -0.3 is 5.73 Å². The van der Waals surface area contributed by atoms with Crippen LogP contribution in [0.5, 0.6) is 0 Å². The van der Waals surface area contributed by atoms with Crippen molar-refractivity contribution in [3.63, 3.8) is 0 Å². The summed E-state index contributed by atoms with van der Waals surface area (Å²) in [6, 6.07) is 9.83. The molecule has 0 atom stereocenters. The van der Waals surface area contributed by atoms with Crippen molar-refractivity contribution >= 4 is 11.8 Å². The third-order valence-electron chi connectivity index (χ3n) is 2.57. The molecule has 0 radical (unpaired) electrons. The van der Waals surface area contributed by atoms with Gasteiger partial charge in [-0.1, -0.05) is 36.9 Å². The van der Waals surface area contributed by atoms with E-state index in [2.05, 4.69) is 6.58 Å². The van der Waals surface area contributed by atoms with Gasteiger partial charge in [0.1, 0.15) is 0 Å². The highest BCUT2D eigenvalue weighted by atomic mass is 19.2. The van der Waals surface area contributed by atoms with E-state index < -0.39 is 11.6 Å². The third-order valence-corrected chi connectivity index (χ3v) is 2.57. The monoisotopic (exact) mass is 231 g/mol. The highest BCUT2D eigenvalue weighted by Crippen LogP contribution is 2.27. The van der Waals surface area contributed by atoms with Gasteiger partial charge in [-0.2, -0.15) is 0 Å². The van der Waals surface area contributed by atoms with Crippen LogP contribution < -0.4 is 5.73 Å². The molecular formula is C14H11F2N. The zero-order valence-corrected chi connectivity index (χ0v) is 9.08. The second-order valence-corrected chi connectivity index (χ2v) is 3.66. The molecular weight excluding hydrogens is 220 g/mol. The molecule has 0 fully saturated rings. The Labute approximate surface area is 98.2 Å². The Morgan fingerprint density at radius 3 is 2.18 bits per heavy atom. The van der Waals surface area contributed by atoms with Crippen LogP contribution in [0.3, 0.4) is 0 Å². The molecule has 3 heteroatoms. The van der Waals surface area contributed by atoms with E-state index in [4.69, 9.17) is 5.73 Å². The van der Waals surface area contributed by atoms with E-state index in [-0.39, 0.29) is 11.3 Å². The molecule has 0 aliphatic rings. The van der Waals surface area contributed by atoms with Gasteiger partial charge in [0.2, 0.25) is 0 Å². The van der Waals surface area contributed by atoms with E-state index >= 15 is 0 Å². The number of hydrogen-bond donors (Lipinski definition) is 1. The first kappa shape index (κ1) is 11.3. The standard InChI is InChI=1S/C14H11F2N/c1-2-9-3-5-10(6-4-9)11-7-8-12(17)14(16)13(11)15/h2-8H,1,17H2. The molecule has 0 heterocycles. The number of benzene rings is 2. The number of anilines is 1. The summed E-state index contributed by atoms with van der Waals surface area (Å²) in [5.41, 5.74) is 6.83. The summed E-state index contributed by atoms with van der Waals surface area (Å²) < 4.78 is 27.0. The van der Waals surface area contributed by atoms with Gasteiger partial charge in [0.05, 0.1) is 5.69 Å². The molecule has 0 spiro atoms. The molecule has 0 amide bonds. The molecule has 86 valence electrons. The Balaban J connectivity index is 2.53. The molecule has 1 nitrogen and oxygen atoms in total. The molecule has 0 unspecified atom stereocenters. The summed E-state index contributed by atoms with van der Waals surface area (Å²) in [6.07, 6.45) is 1.68. The van der Waals surface area contributed by atoms with Gasteiger partial charge in [0.15, 0.2) is 11.6 Å². The summed E-state index contributed by atoms with van der Waals surface area (Å²) in [5.74, 6) is -1.92. The van der Waals surface area contributed by atoms with E-state index in [1.54, 1.807) is 30.3 Å². The Morgan fingerprint density at radius 1 is 0.941 bits per heavy atom. The highest BCUT2D eigenvalue weighted by molar-refractivity contribution is 5.68. The van der Waals surface area contributed by atoms with E-state index in [1.165, 1.54) is 12.1 Å². The zero-order valence-electron chi connectivity index (χ0n) is 9.08. The van der Waals surface area contributed by atoms with Gasteiger partial charge in [-0.05, 0) is 23.3 Å². The minimum Gasteiger partial charge on any atom is -0.396 e. The molecule has 0 saturated heterocycles. The Bertz CT molecular complexity index is 559. The van der Waals surface area contributed by atoms with E-state index in [9.17, 15) is 8.78 Å². The molecule has 2 aromatic carbocycles. The summed E-state index contributed by atoms with van der Waals surface area (Å²) >= 11 is 0. The predicted molar refractivity (Wildman–Crippen MR) is 66.3 cm³/mol. The normalized spacial score (nSPS) is 10.2. The molecule has 0 aliphatic heterocycles. The predicted octanol–water partition coefficient (Wildman–Crippen LogP) is 3.86. The lowest BCUT2D eigenvalue weighted by atomic mass is 10.0. The minimum absolute atomic E-state index is 0.186. The smallest absolute Gasteiger partial charge is 0.182 e. The minimum atomic E-state index is -1.00. The lowest BCUT2D eigenvalue weighted by Crippen LogP contribution is -1.96. The zero-order chi connectivity index (χ0) is 12.4. The number of rotatable bonds is 2. The van der Waals surface area contributed by atoms with Gasteiger partial charge in [-0.25, -0.2) is 8.78 Å². The van der Waals surface area contributed by atoms with E-state index in [0.717, 1.165) is 5.56 Å². The van der Waals surface area contributed by atoms with Gasteiger partial charge in [0, 0.05) is 5.56 Å². The summed E-state index contributed by atoms with van der Waals surface area (Å²) in [5, 5.41) is 0. The van der Waals surface area contributed by atoms with Gasteiger partial charge in [0.25, 0.3) is 0 Å². The van der Waals surface area contributed by atoms with Crippen molar-refractivity contribution in [3.8, 4) is 11.1 Å². The van der Waals surface area contributed by atoms with Gasteiger partial charge >= 0.3 is 0 Å². The topological polar surface area (TPSA) is 26.0 Å². The second kappa shape index (κ2) is 4.37. The van der Waals surface area contributed by atoms with E-state index in [1.807, 2.05) is 0 Å². The molecule has 0 saturated carbocycles. The SMILES string of the molecule is C=Cc1ccc(-c2ccc(N)c(F)c2F)cc1. The first-order valence-corrected chi connectivity index (χ1v) is 5.10. The van der Waals surface area contributed by atoms with Crippen LogP contribution in [0.15, 0.2) is 43.0 Å². The van der Waals surface area contributed by atoms with Crippen molar-refractivity contribution in [2.75, 3.05) is 5.73 Å². The maximum absolute atomic E-state index is 13.7. The average molecular weight is 231 g/mol. The van der Waals surface area contributed by atoms with Gasteiger partial charge in [-0.3, -0.25) is 0 Å². The van der Waals surface area contributed by atoms with Crippen molar-refractivity contribution in [1.29, 1.82) is 0 Å². The lowest BCUT2D eigenvalue weighted by molar-refractivity contribution is 0.514. The number of nitrogen functional groups attached to an aromatic ring is 1. The van der Waals surface area contributed by atoms with Crippen LogP contribution in [0.1, 0.15) is 5.56 Å². The largest absolute Gasteiger partial charge is 0.396 e. The molecule has 2 N–H and O–H groups in total. The fourth-order valence-corrected chi connectivity index (χ4v) is 1.59. The molecule has 0 aliphatic carbocycles. The second-order valence-electron chi connectivity index (χ2n) is 3.66. The maximum atomic E-state index is 13.7. The van der Waals surface area contributed by atoms with Crippen LogP contribution in [0.4, 0.5) is 14.5 Å². The highest BCUT2D eigenvalue weighted by Gasteiger charge is 2.12. The Morgan fingerprint density at radius 2 is 1.59 bits per heavy atom. The lowest BCUT2D eigenvalue weighted by Gasteiger charge is -2.06. The van der Waals surface area contributed by atoms with Crippen molar-refractivity contribution in [3.05, 3.63) is 60.2 Å². The Kier molecular flexibility index (Phi) is 2.91. The first-order valence-electron chi connectivity index (χ1n) is 5.10. The number of nitrogens with two attached hydrogens (primary N) is 1. The van der Waals surface area contributed by atoms with Crippen LogP contribution in [-0.2, 0) is 0 Å². The van der Waals surface area contributed by atoms with Crippen LogP contribution in [0, 0.1) is 11.6 Å². The quantitative estimate of drug-likeness (QED) is 0.780. The number of hydrogen-bond acceptors (Lipinski definition) is 1. The molecule has 2 rings (SSSR count). The van der Waals surface area contributed by atoms with Gasteiger partial charge in [-0.15, -0.1) is 0 Å². The third kappa shape index (κ3) is 2.04. The number of halogens is 2. The average Bonchev–Trinajstić information content (AvgIpc) is 2.36. The summed E-state index contributed by atoms with van der Waals surface area (Å²) in [7, 11) is 0. The van der Waals surface area contributed by atoms with E-state index in [0.29, 0.717) is 5.56 Å². The summed E-state index contributed by atoms with van der Waals surface area (Å²) in [4.78, 5) is 0. The maximum Gasteiger partial charge on any atom is 0.182 e. The van der Waals surface area contributed by atoms with Crippen LogP contribution >= 0.6 is 0 Å².